The summed E-state index contributed by atoms with van der Waals surface area (Å²) >= 11 is 1.55. The minimum atomic E-state index is -0.186. The molecule has 8 heteroatoms. The van der Waals surface area contributed by atoms with E-state index >= 15 is 0 Å². The number of rotatable bonds is 6. The molecule has 1 N–H and O–H groups in total. The molecule has 1 aromatic heterocycles. The number of nitrogens with one attached hydrogen (secondary N) is 1. The fourth-order valence-electron chi connectivity index (χ4n) is 3.58. The van der Waals surface area contributed by atoms with Crippen LogP contribution >= 0.6 is 11.3 Å². The monoisotopic (exact) mass is 418 g/mol. The largest absolute Gasteiger partial charge is 0.494 e. The van der Waals surface area contributed by atoms with E-state index in [1.54, 1.807) is 16.2 Å². The van der Waals surface area contributed by atoms with Crippen molar-refractivity contribution in [2.24, 2.45) is 0 Å². The summed E-state index contributed by atoms with van der Waals surface area (Å²) in [5.74, 6) is 0.0655. The van der Waals surface area contributed by atoms with Crippen LogP contribution < -0.4 is 9.80 Å². The fourth-order valence-corrected chi connectivity index (χ4v) is 4.65. The third kappa shape index (κ3) is 4.71. The molecule has 2 aromatic rings. The Labute approximate surface area is 174 Å². The van der Waals surface area contributed by atoms with E-state index in [1.165, 1.54) is 22.3 Å². The maximum absolute atomic E-state index is 13.2. The molecule has 0 bridgehead atoms. The van der Waals surface area contributed by atoms with Crippen molar-refractivity contribution in [2.45, 2.75) is 20.3 Å². The smallest absolute Gasteiger partial charge is 0.298 e. The highest BCUT2D eigenvalue weighted by atomic mass is 32.1. The molecule has 156 valence electrons. The van der Waals surface area contributed by atoms with Gasteiger partial charge in [0, 0.05) is 13.0 Å². The topological polar surface area (TPSA) is 65.3 Å². The maximum Gasteiger partial charge on any atom is 0.298 e. The number of carbonyl (C=O) groups is 1. The van der Waals surface area contributed by atoms with Crippen LogP contribution in [-0.2, 0) is 19.0 Å². The van der Waals surface area contributed by atoms with Gasteiger partial charge >= 0.3 is 0 Å². The average molecular weight is 419 g/mol. The first-order valence-electron chi connectivity index (χ1n) is 10.2. The van der Waals surface area contributed by atoms with Crippen LogP contribution in [0.4, 0.5) is 5.13 Å². The number of aromatic nitrogens is 1. The maximum atomic E-state index is 13.2. The number of thiazole rings is 1. The van der Waals surface area contributed by atoms with Crippen molar-refractivity contribution in [2.75, 3.05) is 57.5 Å². The van der Waals surface area contributed by atoms with Gasteiger partial charge in [0.1, 0.15) is 32.6 Å². The lowest BCUT2D eigenvalue weighted by molar-refractivity contribution is -0.908. The number of carbonyl (C=O) groups excluding carboxylic acids is 1. The minimum Gasteiger partial charge on any atom is -0.494 e. The number of amides is 1. The Morgan fingerprint density at radius 2 is 1.97 bits per heavy atom. The zero-order chi connectivity index (χ0) is 20.2. The minimum absolute atomic E-state index is 0.186. The van der Waals surface area contributed by atoms with Crippen molar-refractivity contribution in [1.29, 1.82) is 0 Å². The van der Waals surface area contributed by atoms with Crippen molar-refractivity contribution < 1.29 is 23.9 Å². The Morgan fingerprint density at radius 3 is 2.72 bits per heavy atom. The number of nitrogens with zero attached hydrogens (tertiary/aromatic N) is 2. The van der Waals surface area contributed by atoms with E-state index in [1.807, 2.05) is 0 Å². The zero-order valence-electron chi connectivity index (χ0n) is 17.0. The molecule has 0 spiro atoms. The van der Waals surface area contributed by atoms with Crippen LogP contribution in [0.15, 0.2) is 24.2 Å². The Hall–Kier alpha value is -2.16. The van der Waals surface area contributed by atoms with Crippen molar-refractivity contribution in [3.05, 3.63) is 35.3 Å². The molecular weight excluding hydrogens is 390 g/mol. The SMILES string of the molecule is Cc1cc2nc(N(CCC[NH+]3CCOCC3)C(=O)C3=COCCO3)sc2cc1C. The summed E-state index contributed by atoms with van der Waals surface area (Å²) in [6.07, 6.45) is 2.32. The van der Waals surface area contributed by atoms with Crippen LogP contribution in [0.2, 0.25) is 0 Å². The number of morpholine rings is 1. The summed E-state index contributed by atoms with van der Waals surface area (Å²) < 4.78 is 17.4. The molecule has 4 rings (SSSR count). The van der Waals surface area contributed by atoms with Gasteiger partial charge in [0.2, 0.25) is 5.76 Å². The summed E-state index contributed by atoms with van der Waals surface area (Å²) in [7, 11) is 0. The van der Waals surface area contributed by atoms with Gasteiger partial charge in [0.25, 0.3) is 5.91 Å². The van der Waals surface area contributed by atoms with E-state index in [-0.39, 0.29) is 11.7 Å². The van der Waals surface area contributed by atoms with Crippen LogP contribution in [0, 0.1) is 13.8 Å². The normalized spacial score (nSPS) is 17.5. The second-order valence-corrected chi connectivity index (χ2v) is 8.53. The summed E-state index contributed by atoms with van der Waals surface area (Å²) in [6, 6.07) is 4.23. The van der Waals surface area contributed by atoms with Gasteiger partial charge in [-0.3, -0.25) is 9.69 Å². The van der Waals surface area contributed by atoms with Crippen LogP contribution in [-0.4, -0.2) is 63.5 Å². The van der Waals surface area contributed by atoms with Crippen LogP contribution in [0.1, 0.15) is 17.5 Å². The van der Waals surface area contributed by atoms with Crippen molar-refractivity contribution >= 4 is 32.6 Å². The second kappa shape index (κ2) is 9.11. The number of anilines is 1. The van der Waals surface area contributed by atoms with E-state index in [2.05, 4.69) is 26.0 Å². The molecule has 2 aliphatic heterocycles. The fraction of sp³-hybridized carbons (Fsp3) is 0.524. The average Bonchev–Trinajstić information content (AvgIpc) is 3.14. The molecule has 1 fully saturated rings. The molecule has 3 heterocycles. The second-order valence-electron chi connectivity index (χ2n) is 7.52. The predicted molar refractivity (Wildman–Crippen MR) is 112 cm³/mol. The molecule has 0 aliphatic carbocycles. The molecule has 7 nitrogen and oxygen atoms in total. The zero-order valence-corrected chi connectivity index (χ0v) is 17.8. The van der Waals surface area contributed by atoms with E-state index < -0.39 is 0 Å². The van der Waals surface area contributed by atoms with Gasteiger partial charge in [-0.2, -0.15) is 0 Å². The summed E-state index contributed by atoms with van der Waals surface area (Å²) in [5, 5.41) is 0.710. The van der Waals surface area contributed by atoms with E-state index in [0.29, 0.717) is 24.9 Å². The highest BCUT2D eigenvalue weighted by molar-refractivity contribution is 7.22. The van der Waals surface area contributed by atoms with Crippen LogP contribution in [0.3, 0.4) is 0 Å². The number of quaternary nitrogens is 1. The number of aryl methyl sites for hydroxylation is 2. The standard InChI is InChI=1S/C21H27N3O4S/c1-15-12-17-19(13-16(15)2)29-21(22-17)24(20(25)18-14-27-10-11-28-18)5-3-4-23-6-8-26-9-7-23/h12-14H,3-11H2,1-2H3/p+1. The first-order valence-corrected chi connectivity index (χ1v) is 11.0. The third-order valence-corrected chi connectivity index (χ3v) is 6.48. The highest BCUT2D eigenvalue weighted by Crippen LogP contribution is 2.31. The van der Waals surface area contributed by atoms with Gasteiger partial charge in [0.15, 0.2) is 5.13 Å². The van der Waals surface area contributed by atoms with Gasteiger partial charge in [-0.05, 0) is 37.1 Å². The van der Waals surface area contributed by atoms with E-state index in [0.717, 1.165) is 49.5 Å². The van der Waals surface area contributed by atoms with Gasteiger partial charge in [0.05, 0.1) is 30.0 Å². The lowest BCUT2D eigenvalue weighted by atomic mass is 10.1. The molecule has 0 saturated carbocycles. The number of benzene rings is 1. The van der Waals surface area contributed by atoms with Crippen LogP contribution in [0.5, 0.6) is 0 Å². The Balaban J connectivity index is 1.55. The Bertz CT molecular complexity index is 866. The molecule has 0 unspecified atom stereocenters. The van der Waals surface area contributed by atoms with Gasteiger partial charge in [-0.1, -0.05) is 11.3 Å². The quantitative estimate of drug-likeness (QED) is 0.769. The lowest BCUT2D eigenvalue weighted by Crippen LogP contribution is -3.14. The van der Waals surface area contributed by atoms with E-state index in [9.17, 15) is 4.79 Å². The Kier molecular flexibility index (Phi) is 6.32. The van der Waals surface area contributed by atoms with E-state index in [4.69, 9.17) is 19.2 Å². The Morgan fingerprint density at radius 1 is 1.17 bits per heavy atom. The molecule has 2 aliphatic rings. The van der Waals surface area contributed by atoms with Gasteiger partial charge in [-0.15, -0.1) is 0 Å². The number of fused-ring (bicyclic) bond motifs is 1. The molecule has 0 radical (unpaired) electrons. The molecule has 0 atom stereocenters. The number of hydrogen-bond acceptors (Lipinski definition) is 6. The first-order chi connectivity index (χ1) is 14.1. The molecule has 1 saturated heterocycles. The van der Waals surface area contributed by atoms with Crippen LogP contribution in [0.25, 0.3) is 10.2 Å². The van der Waals surface area contributed by atoms with Crippen molar-refractivity contribution in [1.82, 2.24) is 4.98 Å². The molecule has 29 heavy (non-hydrogen) atoms. The van der Waals surface area contributed by atoms with Gasteiger partial charge < -0.3 is 19.1 Å². The molecule has 1 aromatic carbocycles. The first kappa shape index (κ1) is 20.1. The summed E-state index contributed by atoms with van der Waals surface area (Å²) in [5.41, 5.74) is 3.36. The summed E-state index contributed by atoms with van der Waals surface area (Å²) in [4.78, 5) is 21.2. The number of hydrogen-bond donors (Lipinski definition) is 1. The van der Waals surface area contributed by atoms with Crippen molar-refractivity contribution in [3.63, 3.8) is 0 Å². The van der Waals surface area contributed by atoms with Crippen molar-refractivity contribution in [3.8, 4) is 0 Å². The lowest BCUT2D eigenvalue weighted by Gasteiger charge is -2.26. The molecule has 1 amide bonds. The number of ether oxygens (including phenoxy) is 3. The molecular formula is C21H28N3O4S+. The third-order valence-electron chi connectivity index (χ3n) is 5.44. The van der Waals surface area contributed by atoms with Gasteiger partial charge in [-0.25, -0.2) is 4.98 Å². The summed E-state index contributed by atoms with van der Waals surface area (Å²) in [6.45, 7) is 10.3. The predicted octanol–water partition coefficient (Wildman–Crippen LogP) is 1.44. The highest BCUT2D eigenvalue weighted by Gasteiger charge is 2.26.